The van der Waals surface area contributed by atoms with E-state index in [9.17, 15) is 9.18 Å². The van der Waals surface area contributed by atoms with Crippen molar-refractivity contribution in [3.05, 3.63) is 48.0 Å². The Morgan fingerprint density at radius 1 is 1.32 bits per heavy atom. The fourth-order valence-electron chi connectivity index (χ4n) is 1.58. The fourth-order valence-corrected chi connectivity index (χ4v) is 1.58. The highest BCUT2D eigenvalue weighted by molar-refractivity contribution is 5.72. The minimum atomic E-state index is -0.912. The summed E-state index contributed by atoms with van der Waals surface area (Å²) in [5.41, 5.74) is 0.777. The summed E-state index contributed by atoms with van der Waals surface area (Å²) < 4.78 is 18.4. The van der Waals surface area contributed by atoms with Gasteiger partial charge in [0.1, 0.15) is 23.4 Å². The molecule has 19 heavy (non-hydrogen) atoms. The lowest BCUT2D eigenvalue weighted by Crippen LogP contribution is -2.32. The molecule has 0 saturated carbocycles. The van der Waals surface area contributed by atoms with Crippen LogP contribution >= 0.6 is 0 Å². The van der Waals surface area contributed by atoms with Crippen LogP contribution in [-0.2, 0) is 11.3 Å². The first-order chi connectivity index (χ1) is 9.06. The fraction of sp³-hybridized carbons (Fsp3) is 0.214. The van der Waals surface area contributed by atoms with Crippen LogP contribution in [0.2, 0.25) is 0 Å². The summed E-state index contributed by atoms with van der Waals surface area (Å²) in [5, 5.41) is 11.6. The Balaban J connectivity index is 2.03. The quantitative estimate of drug-likeness (QED) is 0.870. The lowest BCUT2D eigenvalue weighted by atomic mass is 10.2. The van der Waals surface area contributed by atoms with Crippen molar-refractivity contribution in [2.45, 2.75) is 19.5 Å². The van der Waals surface area contributed by atoms with E-state index in [2.05, 4.69) is 5.32 Å². The van der Waals surface area contributed by atoms with Crippen molar-refractivity contribution in [2.24, 2.45) is 0 Å². The van der Waals surface area contributed by atoms with Gasteiger partial charge in [0.2, 0.25) is 0 Å². The molecule has 100 valence electrons. The molecule has 1 aromatic carbocycles. The standard InChI is InChI=1S/C14H14FNO3/c1-9(14(17)18)16-8-12-6-7-13(19-12)10-2-4-11(15)5-3-10/h2-7,9,16H,8H2,1H3,(H,17,18). The van der Waals surface area contributed by atoms with Gasteiger partial charge in [0.05, 0.1) is 6.54 Å². The van der Waals surface area contributed by atoms with E-state index in [1.807, 2.05) is 0 Å². The van der Waals surface area contributed by atoms with Gasteiger partial charge in [0, 0.05) is 5.56 Å². The molecule has 0 aliphatic rings. The molecule has 1 unspecified atom stereocenters. The summed E-state index contributed by atoms with van der Waals surface area (Å²) in [6, 6.07) is 8.89. The first-order valence-electron chi connectivity index (χ1n) is 5.87. The smallest absolute Gasteiger partial charge is 0.320 e. The predicted octanol–water partition coefficient (Wildman–Crippen LogP) is 2.65. The third-order valence-corrected chi connectivity index (χ3v) is 2.74. The second-order valence-electron chi connectivity index (χ2n) is 4.21. The Bertz CT molecular complexity index is 562. The van der Waals surface area contributed by atoms with Crippen LogP contribution in [0.1, 0.15) is 12.7 Å². The number of hydrogen-bond donors (Lipinski definition) is 2. The van der Waals surface area contributed by atoms with Crippen molar-refractivity contribution in [1.29, 1.82) is 0 Å². The number of carbonyl (C=O) groups is 1. The molecule has 1 atom stereocenters. The summed E-state index contributed by atoms with van der Waals surface area (Å²) in [6.07, 6.45) is 0. The molecule has 0 amide bonds. The normalized spacial score (nSPS) is 12.3. The summed E-state index contributed by atoms with van der Waals surface area (Å²) in [5.74, 6) is 0.0463. The summed E-state index contributed by atoms with van der Waals surface area (Å²) >= 11 is 0. The molecule has 0 saturated heterocycles. The second kappa shape index (κ2) is 5.67. The van der Waals surface area contributed by atoms with E-state index < -0.39 is 12.0 Å². The van der Waals surface area contributed by atoms with Gasteiger partial charge in [-0.2, -0.15) is 0 Å². The monoisotopic (exact) mass is 263 g/mol. The third-order valence-electron chi connectivity index (χ3n) is 2.74. The van der Waals surface area contributed by atoms with E-state index in [1.54, 1.807) is 31.2 Å². The van der Waals surface area contributed by atoms with E-state index in [1.165, 1.54) is 12.1 Å². The average molecular weight is 263 g/mol. The second-order valence-corrected chi connectivity index (χ2v) is 4.21. The lowest BCUT2D eigenvalue weighted by Gasteiger charge is -2.06. The van der Waals surface area contributed by atoms with Gasteiger partial charge in [-0.1, -0.05) is 0 Å². The van der Waals surface area contributed by atoms with Crippen LogP contribution in [0.15, 0.2) is 40.8 Å². The van der Waals surface area contributed by atoms with Crippen LogP contribution in [0.5, 0.6) is 0 Å². The zero-order valence-corrected chi connectivity index (χ0v) is 10.4. The minimum Gasteiger partial charge on any atom is -0.480 e. The van der Waals surface area contributed by atoms with Gasteiger partial charge in [0.15, 0.2) is 0 Å². The van der Waals surface area contributed by atoms with Crippen molar-refractivity contribution < 1.29 is 18.7 Å². The summed E-state index contributed by atoms with van der Waals surface area (Å²) in [6.45, 7) is 1.89. The number of aliphatic carboxylic acids is 1. The Labute approximate surface area is 109 Å². The van der Waals surface area contributed by atoms with Gasteiger partial charge in [-0.3, -0.25) is 10.1 Å². The van der Waals surface area contributed by atoms with Gasteiger partial charge >= 0.3 is 5.97 Å². The zero-order chi connectivity index (χ0) is 13.8. The zero-order valence-electron chi connectivity index (χ0n) is 10.4. The molecule has 2 N–H and O–H groups in total. The number of halogens is 1. The maximum Gasteiger partial charge on any atom is 0.320 e. The van der Waals surface area contributed by atoms with Crippen molar-refractivity contribution in [1.82, 2.24) is 5.32 Å². The van der Waals surface area contributed by atoms with Gasteiger partial charge in [0.25, 0.3) is 0 Å². The van der Waals surface area contributed by atoms with Crippen molar-refractivity contribution in [3.63, 3.8) is 0 Å². The molecule has 0 spiro atoms. The molecule has 0 radical (unpaired) electrons. The lowest BCUT2D eigenvalue weighted by molar-refractivity contribution is -0.139. The van der Waals surface area contributed by atoms with Crippen molar-refractivity contribution in [3.8, 4) is 11.3 Å². The first kappa shape index (κ1) is 13.3. The van der Waals surface area contributed by atoms with Crippen LogP contribution in [0, 0.1) is 5.82 Å². The number of benzene rings is 1. The van der Waals surface area contributed by atoms with Crippen LogP contribution in [0.25, 0.3) is 11.3 Å². The summed E-state index contributed by atoms with van der Waals surface area (Å²) in [7, 11) is 0. The van der Waals surface area contributed by atoms with E-state index >= 15 is 0 Å². The van der Waals surface area contributed by atoms with Gasteiger partial charge < -0.3 is 9.52 Å². The third kappa shape index (κ3) is 3.42. The first-order valence-corrected chi connectivity index (χ1v) is 5.87. The Hall–Kier alpha value is -2.14. The molecular weight excluding hydrogens is 249 g/mol. The van der Waals surface area contributed by atoms with Crippen molar-refractivity contribution in [2.75, 3.05) is 0 Å². The Morgan fingerprint density at radius 3 is 2.63 bits per heavy atom. The number of furan rings is 1. The topological polar surface area (TPSA) is 62.5 Å². The summed E-state index contributed by atoms with van der Waals surface area (Å²) in [4.78, 5) is 10.7. The molecule has 2 rings (SSSR count). The minimum absolute atomic E-state index is 0.299. The molecule has 2 aromatic rings. The van der Waals surface area contributed by atoms with Crippen LogP contribution in [0.4, 0.5) is 4.39 Å². The van der Waals surface area contributed by atoms with Crippen LogP contribution < -0.4 is 5.32 Å². The largest absolute Gasteiger partial charge is 0.480 e. The van der Waals surface area contributed by atoms with E-state index in [-0.39, 0.29) is 5.82 Å². The van der Waals surface area contributed by atoms with Crippen molar-refractivity contribution >= 4 is 5.97 Å². The highest BCUT2D eigenvalue weighted by Crippen LogP contribution is 2.22. The van der Waals surface area contributed by atoms with Gasteiger partial charge in [-0.25, -0.2) is 4.39 Å². The average Bonchev–Trinajstić information content (AvgIpc) is 2.85. The molecule has 1 aromatic heterocycles. The predicted molar refractivity (Wildman–Crippen MR) is 68.0 cm³/mol. The number of carboxylic acids is 1. The van der Waals surface area contributed by atoms with Crippen LogP contribution in [0.3, 0.4) is 0 Å². The maximum absolute atomic E-state index is 12.8. The molecule has 0 fully saturated rings. The highest BCUT2D eigenvalue weighted by Gasteiger charge is 2.11. The van der Waals surface area contributed by atoms with Gasteiger partial charge in [-0.05, 0) is 43.3 Å². The number of hydrogen-bond acceptors (Lipinski definition) is 3. The van der Waals surface area contributed by atoms with E-state index in [0.29, 0.717) is 18.1 Å². The Morgan fingerprint density at radius 2 is 2.00 bits per heavy atom. The van der Waals surface area contributed by atoms with E-state index in [4.69, 9.17) is 9.52 Å². The van der Waals surface area contributed by atoms with E-state index in [0.717, 1.165) is 5.56 Å². The number of rotatable bonds is 5. The SMILES string of the molecule is CC(NCc1ccc(-c2ccc(F)cc2)o1)C(=O)O. The number of nitrogens with one attached hydrogen (secondary N) is 1. The molecule has 0 aliphatic heterocycles. The molecular formula is C14H14FNO3. The number of carboxylic acid groups (broad SMARTS) is 1. The maximum atomic E-state index is 12.8. The highest BCUT2D eigenvalue weighted by atomic mass is 19.1. The molecule has 1 heterocycles. The van der Waals surface area contributed by atoms with Gasteiger partial charge in [-0.15, -0.1) is 0 Å². The molecule has 0 aliphatic carbocycles. The molecule has 5 heteroatoms. The molecule has 4 nitrogen and oxygen atoms in total. The Kier molecular flexibility index (Phi) is 3.97. The van der Waals surface area contributed by atoms with Crippen LogP contribution in [-0.4, -0.2) is 17.1 Å². The molecule has 0 bridgehead atoms.